The van der Waals surface area contributed by atoms with E-state index in [4.69, 9.17) is 5.73 Å². The molecule has 0 amide bonds. The topological polar surface area (TPSA) is 29.3 Å². The SMILES string of the molecule is NC1(CN2CC3CC=CCC3C2)CC1. The Labute approximate surface area is 86.1 Å². The van der Waals surface area contributed by atoms with Crippen molar-refractivity contribution < 1.29 is 0 Å². The Hall–Kier alpha value is -0.340. The zero-order chi connectivity index (χ0) is 9.60. The Kier molecular flexibility index (Phi) is 1.96. The average molecular weight is 192 g/mol. The fourth-order valence-corrected chi connectivity index (χ4v) is 3.01. The molecule has 1 heterocycles. The van der Waals surface area contributed by atoms with Gasteiger partial charge in [0.15, 0.2) is 0 Å². The van der Waals surface area contributed by atoms with Crippen LogP contribution in [0.1, 0.15) is 25.7 Å². The molecule has 3 aliphatic rings. The summed E-state index contributed by atoms with van der Waals surface area (Å²) in [6, 6.07) is 0. The third-order valence-corrected chi connectivity index (χ3v) is 4.13. The van der Waals surface area contributed by atoms with Gasteiger partial charge in [-0.2, -0.15) is 0 Å². The molecule has 0 radical (unpaired) electrons. The van der Waals surface area contributed by atoms with Crippen molar-refractivity contribution in [2.75, 3.05) is 19.6 Å². The quantitative estimate of drug-likeness (QED) is 0.670. The fourth-order valence-electron chi connectivity index (χ4n) is 3.01. The second-order valence-electron chi connectivity index (χ2n) is 5.52. The van der Waals surface area contributed by atoms with Gasteiger partial charge in [-0.05, 0) is 37.5 Å². The number of rotatable bonds is 2. The maximum atomic E-state index is 6.16. The zero-order valence-corrected chi connectivity index (χ0v) is 8.78. The van der Waals surface area contributed by atoms with Crippen molar-refractivity contribution >= 4 is 0 Å². The molecule has 2 atom stereocenters. The highest BCUT2D eigenvalue weighted by molar-refractivity contribution is 5.05. The summed E-state index contributed by atoms with van der Waals surface area (Å²) < 4.78 is 0. The molecule has 2 N–H and O–H groups in total. The van der Waals surface area contributed by atoms with E-state index in [1.54, 1.807) is 0 Å². The normalized spacial score (nSPS) is 39.8. The first-order valence-electron chi connectivity index (χ1n) is 5.91. The van der Waals surface area contributed by atoms with Crippen LogP contribution in [0.4, 0.5) is 0 Å². The van der Waals surface area contributed by atoms with Crippen LogP contribution < -0.4 is 5.73 Å². The molecular formula is C12H20N2. The van der Waals surface area contributed by atoms with Gasteiger partial charge >= 0.3 is 0 Å². The molecule has 78 valence electrons. The Morgan fingerprint density at radius 3 is 2.21 bits per heavy atom. The third kappa shape index (κ3) is 1.61. The van der Waals surface area contributed by atoms with Crippen LogP contribution in [0.15, 0.2) is 12.2 Å². The van der Waals surface area contributed by atoms with Crippen LogP contribution in [-0.4, -0.2) is 30.1 Å². The molecule has 1 saturated carbocycles. The van der Waals surface area contributed by atoms with Crippen molar-refractivity contribution in [1.29, 1.82) is 0 Å². The van der Waals surface area contributed by atoms with Crippen molar-refractivity contribution in [1.82, 2.24) is 4.90 Å². The van der Waals surface area contributed by atoms with E-state index < -0.39 is 0 Å². The van der Waals surface area contributed by atoms with Crippen molar-refractivity contribution in [2.45, 2.75) is 31.2 Å². The van der Waals surface area contributed by atoms with Gasteiger partial charge in [0.1, 0.15) is 0 Å². The first kappa shape index (κ1) is 8.93. The van der Waals surface area contributed by atoms with E-state index in [0.29, 0.717) is 0 Å². The lowest BCUT2D eigenvalue weighted by atomic mass is 9.86. The van der Waals surface area contributed by atoms with E-state index in [-0.39, 0.29) is 5.54 Å². The first-order valence-corrected chi connectivity index (χ1v) is 5.91. The van der Waals surface area contributed by atoms with E-state index in [1.807, 2.05) is 0 Å². The van der Waals surface area contributed by atoms with Crippen LogP contribution in [0.3, 0.4) is 0 Å². The van der Waals surface area contributed by atoms with Gasteiger partial charge in [-0.1, -0.05) is 12.2 Å². The lowest BCUT2D eigenvalue weighted by Crippen LogP contribution is -2.38. The summed E-state index contributed by atoms with van der Waals surface area (Å²) in [7, 11) is 0. The van der Waals surface area contributed by atoms with E-state index >= 15 is 0 Å². The van der Waals surface area contributed by atoms with Gasteiger partial charge in [-0.25, -0.2) is 0 Å². The number of likely N-dealkylation sites (tertiary alicyclic amines) is 1. The van der Waals surface area contributed by atoms with Crippen LogP contribution in [0.25, 0.3) is 0 Å². The highest BCUT2D eigenvalue weighted by Gasteiger charge is 2.42. The minimum absolute atomic E-state index is 0.209. The molecule has 14 heavy (non-hydrogen) atoms. The summed E-state index contributed by atoms with van der Waals surface area (Å²) in [6.45, 7) is 3.75. The fraction of sp³-hybridized carbons (Fsp3) is 0.833. The summed E-state index contributed by atoms with van der Waals surface area (Å²) in [4.78, 5) is 2.61. The minimum atomic E-state index is 0.209. The van der Waals surface area contributed by atoms with Gasteiger partial charge in [0.05, 0.1) is 0 Å². The van der Waals surface area contributed by atoms with E-state index in [2.05, 4.69) is 17.1 Å². The van der Waals surface area contributed by atoms with Crippen LogP contribution in [0.5, 0.6) is 0 Å². The molecule has 2 heteroatoms. The third-order valence-electron chi connectivity index (χ3n) is 4.13. The molecule has 0 bridgehead atoms. The molecule has 0 aromatic rings. The first-order chi connectivity index (χ1) is 6.75. The number of fused-ring (bicyclic) bond motifs is 1. The molecular weight excluding hydrogens is 172 g/mol. The van der Waals surface area contributed by atoms with Crippen molar-refractivity contribution in [3.63, 3.8) is 0 Å². The predicted octanol–water partition coefficient (Wildman–Crippen LogP) is 1.38. The summed E-state index contributed by atoms with van der Waals surface area (Å²) >= 11 is 0. The second kappa shape index (κ2) is 3.07. The number of nitrogens with zero attached hydrogens (tertiary/aromatic N) is 1. The Morgan fingerprint density at radius 1 is 1.14 bits per heavy atom. The maximum Gasteiger partial charge on any atom is 0.0284 e. The number of hydrogen-bond acceptors (Lipinski definition) is 2. The molecule has 0 spiro atoms. The smallest absolute Gasteiger partial charge is 0.0284 e. The summed E-state index contributed by atoms with van der Waals surface area (Å²) in [5.41, 5.74) is 6.37. The Bertz CT molecular complexity index is 239. The highest BCUT2D eigenvalue weighted by Crippen LogP contribution is 2.37. The van der Waals surface area contributed by atoms with Crippen LogP contribution in [0.2, 0.25) is 0 Å². The minimum Gasteiger partial charge on any atom is -0.324 e. The Balaban J connectivity index is 1.59. The number of hydrogen-bond donors (Lipinski definition) is 1. The summed E-state index contributed by atoms with van der Waals surface area (Å²) in [6.07, 6.45) is 9.83. The molecule has 2 nitrogen and oxygen atoms in total. The lowest BCUT2D eigenvalue weighted by molar-refractivity contribution is 0.291. The van der Waals surface area contributed by atoms with Crippen molar-refractivity contribution in [3.8, 4) is 0 Å². The zero-order valence-electron chi connectivity index (χ0n) is 8.78. The average Bonchev–Trinajstić information content (AvgIpc) is 2.77. The van der Waals surface area contributed by atoms with Crippen LogP contribution >= 0.6 is 0 Å². The standard InChI is InChI=1S/C12H20N2/c13-12(5-6-12)9-14-7-10-3-1-2-4-11(10)8-14/h1-2,10-11H,3-9,13H2. The van der Waals surface area contributed by atoms with E-state index in [1.165, 1.54) is 38.8 Å². The Morgan fingerprint density at radius 2 is 1.71 bits per heavy atom. The predicted molar refractivity (Wildman–Crippen MR) is 57.9 cm³/mol. The van der Waals surface area contributed by atoms with Gasteiger partial charge < -0.3 is 10.6 Å². The molecule has 0 aromatic carbocycles. The number of allylic oxidation sites excluding steroid dienone is 2. The van der Waals surface area contributed by atoms with Gasteiger partial charge in [0.2, 0.25) is 0 Å². The molecule has 3 rings (SSSR count). The van der Waals surface area contributed by atoms with Crippen LogP contribution in [0, 0.1) is 11.8 Å². The van der Waals surface area contributed by atoms with Gasteiger partial charge in [0, 0.05) is 25.2 Å². The van der Waals surface area contributed by atoms with Crippen molar-refractivity contribution in [3.05, 3.63) is 12.2 Å². The molecule has 2 unspecified atom stereocenters. The summed E-state index contributed by atoms with van der Waals surface area (Å²) in [5.74, 6) is 1.87. The molecule has 1 saturated heterocycles. The second-order valence-corrected chi connectivity index (χ2v) is 5.52. The number of nitrogens with two attached hydrogens (primary N) is 1. The molecule has 2 aliphatic carbocycles. The lowest BCUT2D eigenvalue weighted by Gasteiger charge is -2.19. The van der Waals surface area contributed by atoms with E-state index in [9.17, 15) is 0 Å². The van der Waals surface area contributed by atoms with Gasteiger partial charge in [0.25, 0.3) is 0 Å². The largest absolute Gasteiger partial charge is 0.324 e. The maximum absolute atomic E-state index is 6.16. The molecule has 1 aliphatic heterocycles. The van der Waals surface area contributed by atoms with Gasteiger partial charge in [-0.15, -0.1) is 0 Å². The van der Waals surface area contributed by atoms with E-state index in [0.717, 1.165) is 18.4 Å². The van der Waals surface area contributed by atoms with Crippen LogP contribution in [-0.2, 0) is 0 Å². The molecule has 2 fully saturated rings. The highest BCUT2D eigenvalue weighted by atomic mass is 15.2. The summed E-state index contributed by atoms with van der Waals surface area (Å²) in [5, 5.41) is 0. The monoisotopic (exact) mass is 192 g/mol. The van der Waals surface area contributed by atoms with Gasteiger partial charge in [-0.3, -0.25) is 0 Å². The molecule has 0 aromatic heterocycles. The van der Waals surface area contributed by atoms with Crippen molar-refractivity contribution in [2.24, 2.45) is 17.6 Å².